The number of likely N-dealkylation sites (N-methyl/N-ethyl adjacent to an activating group) is 1. The third kappa shape index (κ3) is 3.14. The molecule has 0 unspecified atom stereocenters. The predicted octanol–water partition coefficient (Wildman–Crippen LogP) is 3.51. The molecule has 3 rings (SSSR count). The summed E-state index contributed by atoms with van der Waals surface area (Å²) >= 11 is 7.75. The van der Waals surface area contributed by atoms with E-state index in [1.54, 1.807) is 11.3 Å². The fraction of sp³-hybridized carbons (Fsp3) is 0.462. The maximum Gasteiger partial charge on any atom is 0.186 e. The molecule has 2 heterocycles. The quantitative estimate of drug-likeness (QED) is 0.845. The minimum absolute atomic E-state index is 0. The van der Waals surface area contributed by atoms with Gasteiger partial charge in [0.1, 0.15) is 0 Å². The summed E-state index contributed by atoms with van der Waals surface area (Å²) in [5.41, 5.74) is 1.05. The lowest BCUT2D eigenvalue weighted by atomic mass is 10.3. The SMILES string of the molecule is CCN1CCN(c2nc3ccc(Cl)cc3s2)CC1.Cl. The van der Waals surface area contributed by atoms with Crippen molar-refractivity contribution in [3.05, 3.63) is 23.2 Å². The van der Waals surface area contributed by atoms with Crippen molar-refractivity contribution in [2.45, 2.75) is 6.92 Å². The van der Waals surface area contributed by atoms with Gasteiger partial charge in [0.15, 0.2) is 5.13 Å². The molecule has 1 fully saturated rings. The van der Waals surface area contributed by atoms with Gasteiger partial charge in [-0.15, -0.1) is 12.4 Å². The van der Waals surface area contributed by atoms with Gasteiger partial charge in [-0.1, -0.05) is 29.9 Å². The van der Waals surface area contributed by atoms with E-state index in [0.717, 1.165) is 48.4 Å². The van der Waals surface area contributed by atoms with Gasteiger partial charge in [0.2, 0.25) is 0 Å². The van der Waals surface area contributed by atoms with E-state index in [0.29, 0.717) is 0 Å². The van der Waals surface area contributed by atoms with Gasteiger partial charge in [-0.2, -0.15) is 0 Å². The molecule has 0 spiro atoms. The van der Waals surface area contributed by atoms with Gasteiger partial charge in [-0.25, -0.2) is 4.98 Å². The van der Waals surface area contributed by atoms with E-state index in [1.807, 2.05) is 18.2 Å². The van der Waals surface area contributed by atoms with Gasteiger partial charge in [0.05, 0.1) is 10.2 Å². The number of hydrogen-bond acceptors (Lipinski definition) is 4. The molecular weight excluding hydrogens is 301 g/mol. The molecule has 1 aromatic heterocycles. The second kappa shape index (κ2) is 6.27. The molecule has 1 aliphatic heterocycles. The summed E-state index contributed by atoms with van der Waals surface area (Å²) in [6.07, 6.45) is 0. The van der Waals surface area contributed by atoms with Crippen molar-refractivity contribution in [2.75, 3.05) is 37.6 Å². The highest BCUT2D eigenvalue weighted by Gasteiger charge is 2.18. The Bertz CT molecular complexity index is 550. The second-order valence-corrected chi connectivity index (χ2v) is 5.98. The molecule has 0 amide bonds. The molecule has 1 aromatic carbocycles. The van der Waals surface area contributed by atoms with E-state index in [-0.39, 0.29) is 12.4 Å². The topological polar surface area (TPSA) is 19.4 Å². The van der Waals surface area contributed by atoms with Crippen molar-refractivity contribution >= 4 is 50.7 Å². The van der Waals surface area contributed by atoms with Crippen molar-refractivity contribution in [1.82, 2.24) is 9.88 Å². The van der Waals surface area contributed by atoms with Gasteiger partial charge in [-0.3, -0.25) is 0 Å². The van der Waals surface area contributed by atoms with Crippen molar-refractivity contribution in [2.24, 2.45) is 0 Å². The van der Waals surface area contributed by atoms with E-state index in [4.69, 9.17) is 16.6 Å². The predicted molar refractivity (Wildman–Crippen MR) is 86.2 cm³/mol. The largest absolute Gasteiger partial charge is 0.345 e. The second-order valence-electron chi connectivity index (χ2n) is 4.53. The molecule has 3 nitrogen and oxygen atoms in total. The molecule has 0 saturated carbocycles. The number of benzene rings is 1. The monoisotopic (exact) mass is 317 g/mol. The number of piperazine rings is 1. The summed E-state index contributed by atoms with van der Waals surface area (Å²) in [5.74, 6) is 0. The lowest BCUT2D eigenvalue weighted by Gasteiger charge is -2.33. The Kier molecular flexibility index (Phi) is 4.90. The third-order valence-electron chi connectivity index (χ3n) is 3.43. The summed E-state index contributed by atoms with van der Waals surface area (Å²) in [7, 11) is 0. The van der Waals surface area contributed by atoms with Crippen LogP contribution in [-0.2, 0) is 0 Å². The van der Waals surface area contributed by atoms with Crippen molar-refractivity contribution in [3.8, 4) is 0 Å². The smallest absolute Gasteiger partial charge is 0.186 e. The number of rotatable bonds is 2. The van der Waals surface area contributed by atoms with Crippen LogP contribution < -0.4 is 4.90 Å². The molecule has 0 aliphatic carbocycles. The molecule has 0 bridgehead atoms. The van der Waals surface area contributed by atoms with Crippen LogP contribution in [0.4, 0.5) is 5.13 Å². The fourth-order valence-corrected chi connectivity index (χ4v) is 3.57. The van der Waals surface area contributed by atoms with Gasteiger partial charge in [-0.05, 0) is 24.7 Å². The number of anilines is 1. The van der Waals surface area contributed by atoms with Crippen LogP contribution in [0.15, 0.2) is 18.2 Å². The molecule has 2 aromatic rings. The van der Waals surface area contributed by atoms with E-state index >= 15 is 0 Å². The summed E-state index contributed by atoms with van der Waals surface area (Å²) < 4.78 is 1.18. The normalized spacial score (nSPS) is 16.6. The zero-order valence-electron chi connectivity index (χ0n) is 10.8. The molecule has 0 radical (unpaired) electrons. The van der Waals surface area contributed by atoms with Gasteiger partial charge in [0.25, 0.3) is 0 Å². The Hall–Kier alpha value is -0.550. The molecule has 104 valence electrons. The summed E-state index contributed by atoms with van der Waals surface area (Å²) in [4.78, 5) is 9.55. The first-order chi connectivity index (χ1) is 8.76. The molecule has 19 heavy (non-hydrogen) atoms. The van der Waals surface area contributed by atoms with Gasteiger partial charge in [0, 0.05) is 31.2 Å². The molecular formula is C13H17Cl2N3S. The summed E-state index contributed by atoms with van der Waals surface area (Å²) in [5, 5.41) is 1.91. The zero-order valence-corrected chi connectivity index (χ0v) is 13.2. The van der Waals surface area contributed by atoms with Crippen LogP contribution in [0.5, 0.6) is 0 Å². The first-order valence-corrected chi connectivity index (χ1v) is 7.49. The van der Waals surface area contributed by atoms with E-state index in [1.165, 1.54) is 4.70 Å². The Labute approximate surface area is 128 Å². The van der Waals surface area contributed by atoms with Crippen molar-refractivity contribution in [3.63, 3.8) is 0 Å². The van der Waals surface area contributed by atoms with Crippen LogP contribution in [0.2, 0.25) is 5.02 Å². The van der Waals surface area contributed by atoms with E-state index in [9.17, 15) is 0 Å². The molecule has 1 saturated heterocycles. The standard InChI is InChI=1S/C13H16ClN3S.ClH/c1-2-16-5-7-17(8-6-16)13-15-11-4-3-10(14)9-12(11)18-13;/h3-4,9H,2,5-8H2,1H3;1H. The summed E-state index contributed by atoms with van der Waals surface area (Å²) in [6.45, 7) is 7.77. The first-order valence-electron chi connectivity index (χ1n) is 6.29. The number of fused-ring (bicyclic) bond motifs is 1. The fourth-order valence-electron chi connectivity index (χ4n) is 2.28. The summed E-state index contributed by atoms with van der Waals surface area (Å²) in [6, 6.07) is 5.91. The number of hydrogen-bond donors (Lipinski definition) is 0. The highest BCUT2D eigenvalue weighted by Crippen LogP contribution is 2.31. The minimum atomic E-state index is 0. The molecule has 1 aliphatic rings. The molecule has 0 atom stereocenters. The van der Waals surface area contributed by atoms with E-state index < -0.39 is 0 Å². The Morgan fingerprint density at radius 2 is 2.00 bits per heavy atom. The van der Waals surface area contributed by atoms with Crippen LogP contribution in [0.3, 0.4) is 0 Å². The minimum Gasteiger partial charge on any atom is -0.345 e. The van der Waals surface area contributed by atoms with Crippen LogP contribution in [-0.4, -0.2) is 42.6 Å². The van der Waals surface area contributed by atoms with Crippen LogP contribution in [0.1, 0.15) is 6.92 Å². The van der Waals surface area contributed by atoms with Crippen molar-refractivity contribution < 1.29 is 0 Å². The molecule has 6 heteroatoms. The Morgan fingerprint density at radius 1 is 1.26 bits per heavy atom. The third-order valence-corrected chi connectivity index (χ3v) is 4.74. The van der Waals surface area contributed by atoms with Crippen LogP contribution >= 0.6 is 35.3 Å². The number of nitrogens with zero attached hydrogens (tertiary/aromatic N) is 3. The first kappa shape index (κ1) is 14.9. The van der Waals surface area contributed by atoms with Gasteiger partial charge >= 0.3 is 0 Å². The lowest BCUT2D eigenvalue weighted by Crippen LogP contribution is -2.46. The lowest BCUT2D eigenvalue weighted by molar-refractivity contribution is 0.271. The van der Waals surface area contributed by atoms with Crippen molar-refractivity contribution in [1.29, 1.82) is 0 Å². The van der Waals surface area contributed by atoms with Crippen LogP contribution in [0, 0.1) is 0 Å². The Balaban J connectivity index is 0.00000133. The van der Waals surface area contributed by atoms with Gasteiger partial charge < -0.3 is 9.80 Å². The number of halogens is 2. The highest BCUT2D eigenvalue weighted by molar-refractivity contribution is 7.22. The highest BCUT2D eigenvalue weighted by atomic mass is 35.5. The zero-order chi connectivity index (χ0) is 12.5. The van der Waals surface area contributed by atoms with Crippen LogP contribution in [0.25, 0.3) is 10.2 Å². The Morgan fingerprint density at radius 3 is 2.68 bits per heavy atom. The van der Waals surface area contributed by atoms with E-state index in [2.05, 4.69) is 16.7 Å². The average molecular weight is 318 g/mol. The molecule has 0 N–H and O–H groups in total. The number of thiazole rings is 1. The maximum absolute atomic E-state index is 6.01. The average Bonchev–Trinajstić information content (AvgIpc) is 2.81. The number of aromatic nitrogens is 1. The maximum atomic E-state index is 6.01.